The topological polar surface area (TPSA) is 55.5 Å². The predicted octanol–water partition coefficient (Wildman–Crippen LogP) is 3.21. The van der Waals surface area contributed by atoms with Gasteiger partial charge in [0.15, 0.2) is 0 Å². The Labute approximate surface area is 104 Å². The molecule has 0 unspecified atom stereocenters. The first-order chi connectivity index (χ1) is 8.16. The monoisotopic (exact) mass is 249 g/mol. The van der Waals surface area contributed by atoms with Crippen molar-refractivity contribution in [1.82, 2.24) is 0 Å². The van der Waals surface area contributed by atoms with E-state index in [9.17, 15) is 5.11 Å². The number of halogens is 1. The Balaban J connectivity index is 2.07. The number of phenols is 1. The summed E-state index contributed by atoms with van der Waals surface area (Å²) in [5.74, 6) is 0.499. The lowest BCUT2D eigenvalue weighted by molar-refractivity contribution is 0.306. The third-order valence-electron chi connectivity index (χ3n) is 2.35. The molecule has 0 radical (unpaired) electrons. The van der Waals surface area contributed by atoms with E-state index in [2.05, 4.69) is 0 Å². The SMILES string of the molecule is Nc1c(O)cccc1OCc1ccc(Cl)cc1. The summed E-state index contributed by atoms with van der Waals surface area (Å²) in [5, 5.41) is 10.1. The van der Waals surface area contributed by atoms with Crippen molar-refractivity contribution in [1.29, 1.82) is 0 Å². The summed E-state index contributed by atoms with van der Waals surface area (Å²) >= 11 is 5.78. The van der Waals surface area contributed by atoms with Crippen LogP contribution in [-0.4, -0.2) is 5.11 Å². The van der Waals surface area contributed by atoms with Crippen LogP contribution in [-0.2, 0) is 6.61 Å². The highest BCUT2D eigenvalue weighted by Crippen LogP contribution is 2.30. The molecular formula is C13H12ClNO2. The average molecular weight is 250 g/mol. The second-order valence-electron chi connectivity index (χ2n) is 3.60. The maximum absolute atomic E-state index is 9.41. The van der Waals surface area contributed by atoms with Crippen molar-refractivity contribution in [2.24, 2.45) is 0 Å². The minimum Gasteiger partial charge on any atom is -0.506 e. The van der Waals surface area contributed by atoms with Gasteiger partial charge >= 0.3 is 0 Å². The summed E-state index contributed by atoms with van der Waals surface area (Å²) in [5.41, 5.74) is 6.91. The van der Waals surface area contributed by atoms with Gasteiger partial charge in [-0.15, -0.1) is 0 Å². The number of aromatic hydroxyl groups is 1. The van der Waals surface area contributed by atoms with Crippen molar-refractivity contribution < 1.29 is 9.84 Å². The Morgan fingerprint density at radius 2 is 1.82 bits per heavy atom. The molecule has 0 atom stereocenters. The minimum atomic E-state index is 0.0265. The quantitative estimate of drug-likeness (QED) is 0.649. The number of anilines is 1. The number of ether oxygens (including phenoxy) is 1. The molecule has 0 aliphatic rings. The molecule has 0 saturated heterocycles. The standard InChI is InChI=1S/C13H12ClNO2/c14-10-6-4-9(5-7-10)8-17-12-3-1-2-11(16)13(12)15/h1-7,16H,8,15H2. The van der Waals surface area contributed by atoms with Crippen LogP contribution in [0, 0.1) is 0 Å². The molecule has 0 aliphatic heterocycles. The fourth-order valence-corrected chi connectivity index (χ4v) is 1.53. The summed E-state index contributed by atoms with van der Waals surface area (Å²) in [7, 11) is 0. The highest BCUT2D eigenvalue weighted by Gasteiger charge is 2.04. The third kappa shape index (κ3) is 2.82. The number of hydrogen-bond donors (Lipinski definition) is 2. The predicted molar refractivity (Wildman–Crippen MR) is 68.3 cm³/mol. The number of para-hydroxylation sites is 1. The number of nitrogen functional groups attached to an aromatic ring is 1. The van der Waals surface area contributed by atoms with E-state index >= 15 is 0 Å². The maximum atomic E-state index is 9.41. The number of rotatable bonds is 3. The first kappa shape index (κ1) is 11.6. The van der Waals surface area contributed by atoms with Crippen molar-refractivity contribution in [3.05, 3.63) is 53.1 Å². The van der Waals surface area contributed by atoms with Crippen LogP contribution in [0.4, 0.5) is 5.69 Å². The van der Waals surface area contributed by atoms with Crippen LogP contribution < -0.4 is 10.5 Å². The lowest BCUT2D eigenvalue weighted by Gasteiger charge is -2.09. The smallest absolute Gasteiger partial charge is 0.146 e. The second kappa shape index (κ2) is 4.97. The summed E-state index contributed by atoms with van der Waals surface area (Å²) in [6.45, 7) is 0.380. The van der Waals surface area contributed by atoms with Gasteiger partial charge in [-0.05, 0) is 29.8 Å². The molecule has 3 nitrogen and oxygen atoms in total. The Bertz CT molecular complexity index is 511. The van der Waals surface area contributed by atoms with Gasteiger partial charge in [0.2, 0.25) is 0 Å². The fourth-order valence-electron chi connectivity index (χ4n) is 1.40. The molecule has 2 aromatic rings. The molecule has 3 N–H and O–H groups in total. The van der Waals surface area contributed by atoms with E-state index in [1.54, 1.807) is 24.3 Å². The fraction of sp³-hybridized carbons (Fsp3) is 0.0769. The van der Waals surface area contributed by atoms with Gasteiger partial charge in [0.05, 0.1) is 0 Å². The van der Waals surface area contributed by atoms with Crippen molar-refractivity contribution >= 4 is 17.3 Å². The maximum Gasteiger partial charge on any atom is 0.146 e. The molecule has 0 fully saturated rings. The number of hydrogen-bond acceptors (Lipinski definition) is 3. The van der Waals surface area contributed by atoms with Crippen LogP contribution in [0.3, 0.4) is 0 Å². The first-order valence-corrected chi connectivity index (χ1v) is 5.49. The minimum absolute atomic E-state index is 0.0265. The molecule has 88 valence electrons. The van der Waals surface area contributed by atoms with Crippen LogP contribution in [0.1, 0.15) is 5.56 Å². The highest BCUT2D eigenvalue weighted by molar-refractivity contribution is 6.30. The van der Waals surface area contributed by atoms with Crippen molar-refractivity contribution in [2.75, 3.05) is 5.73 Å². The van der Waals surface area contributed by atoms with Gasteiger partial charge in [0.1, 0.15) is 23.8 Å². The van der Waals surface area contributed by atoms with Crippen LogP contribution in [0.25, 0.3) is 0 Å². The molecule has 0 saturated carbocycles. The number of phenolic OH excluding ortho intramolecular Hbond substituents is 1. The molecule has 0 amide bonds. The Hall–Kier alpha value is -1.87. The van der Waals surface area contributed by atoms with E-state index < -0.39 is 0 Å². The van der Waals surface area contributed by atoms with Crippen molar-refractivity contribution in [3.8, 4) is 11.5 Å². The second-order valence-corrected chi connectivity index (χ2v) is 4.04. The summed E-state index contributed by atoms with van der Waals surface area (Å²) in [6.07, 6.45) is 0. The van der Waals surface area contributed by atoms with E-state index in [1.165, 1.54) is 6.07 Å². The van der Waals surface area contributed by atoms with Crippen molar-refractivity contribution in [2.45, 2.75) is 6.61 Å². The van der Waals surface area contributed by atoms with Crippen LogP contribution in [0.15, 0.2) is 42.5 Å². The summed E-state index contributed by atoms with van der Waals surface area (Å²) < 4.78 is 5.52. The molecule has 2 rings (SSSR count). The normalized spacial score (nSPS) is 10.2. The molecule has 0 heterocycles. The highest BCUT2D eigenvalue weighted by atomic mass is 35.5. The van der Waals surface area contributed by atoms with Gasteiger partial charge in [-0.3, -0.25) is 0 Å². The average Bonchev–Trinajstić information content (AvgIpc) is 2.33. The van der Waals surface area contributed by atoms with E-state index in [1.807, 2.05) is 12.1 Å². The molecule has 2 aromatic carbocycles. The van der Waals surface area contributed by atoms with Crippen LogP contribution in [0.5, 0.6) is 11.5 Å². The van der Waals surface area contributed by atoms with E-state index in [-0.39, 0.29) is 11.4 Å². The van der Waals surface area contributed by atoms with Gasteiger partial charge in [-0.2, -0.15) is 0 Å². The molecule has 0 aromatic heterocycles. The van der Waals surface area contributed by atoms with E-state index in [4.69, 9.17) is 22.1 Å². The molecule has 0 aliphatic carbocycles. The van der Waals surface area contributed by atoms with Gasteiger partial charge in [0, 0.05) is 5.02 Å². The Morgan fingerprint density at radius 3 is 2.53 bits per heavy atom. The molecular weight excluding hydrogens is 238 g/mol. The van der Waals surface area contributed by atoms with Crippen LogP contribution in [0.2, 0.25) is 5.02 Å². The lowest BCUT2D eigenvalue weighted by atomic mass is 10.2. The van der Waals surface area contributed by atoms with E-state index in [0.717, 1.165) is 5.56 Å². The van der Waals surface area contributed by atoms with Gasteiger partial charge in [-0.1, -0.05) is 29.8 Å². The number of benzene rings is 2. The van der Waals surface area contributed by atoms with Crippen LogP contribution >= 0.6 is 11.6 Å². The molecule has 17 heavy (non-hydrogen) atoms. The zero-order chi connectivity index (χ0) is 12.3. The molecule has 0 bridgehead atoms. The Kier molecular flexibility index (Phi) is 3.40. The van der Waals surface area contributed by atoms with Gasteiger partial charge in [0.25, 0.3) is 0 Å². The van der Waals surface area contributed by atoms with Crippen molar-refractivity contribution in [3.63, 3.8) is 0 Å². The Morgan fingerprint density at radius 1 is 1.12 bits per heavy atom. The van der Waals surface area contributed by atoms with E-state index in [0.29, 0.717) is 17.4 Å². The zero-order valence-electron chi connectivity index (χ0n) is 9.06. The molecule has 0 spiro atoms. The third-order valence-corrected chi connectivity index (χ3v) is 2.60. The lowest BCUT2D eigenvalue weighted by Crippen LogP contribution is -1.98. The summed E-state index contributed by atoms with van der Waals surface area (Å²) in [6, 6.07) is 12.3. The molecule has 4 heteroatoms. The van der Waals surface area contributed by atoms with Gasteiger partial charge in [-0.25, -0.2) is 0 Å². The first-order valence-electron chi connectivity index (χ1n) is 5.11. The van der Waals surface area contributed by atoms with Gasteiger partial charge < -0.3 is 15.6 Å². The number of nitrogens with two attached hydrogens (primary N) is 1. The summed E-state index contributed by atoms with van der Waals surface area (Å²) in [4.78, 5) is 0. The largest absolute Gasteiger partial charge is 0.506 e. The zero-order valence-corrected chi connectivity index (χ0v) is 9.82.